The van der Waals surface area contributed by atoms with E-state index in [1.165, 1.54) is 44.1 Å². The zero-order valence-electron chi connectivity index (χ0n) is 12.9. The predicted molar refractivity (Wildman–Crippen MR) is 87.1 cm³/mol. The molecule has 1 unspecified atom stereocenters. The number of hydrogen-bond donors (Lipinski definition) is 1. The van der Waals surface area contributed by atoms with E-state index in [-0.39, 0.29) is 0 Å². The Morgan fingerprint density at radius 1 is 1.14 bits per heavy atom. The molecule has 1 atom stereocenters. The van der Waals surface area contributed by atoms with Crippen LogP contribution in [0.4, 0.5) is 0 Å². The number of para-hydroxylation sites is 1. The molecule has 0 radical (unpaired) electrons. The van der Waals surface area contributed by atoms with Crippen molar-refractivity contribution in [1.82, 2.24) is 15.3 Å². The molecule has 1 aliphatic carbocycles. The normalized spacial score (nSPS) is 18.0. The van der Waals surface area contributed by atoms with E-state index >= 15 is 0 Å². The third-order valence-corrected chi connectivity index (χ3v) is 4.65. The highest BCUT2D eigenvalue weighted by atomic mass is 14.9. The first-order valence-electron chi connectivity index (χ1n) is 8.31. The van der Waals surface area contributed by atoms with Crippen LogP contribution in [0.1, 0.15) is 57.1 Å². The highest BCUT2D eigenvalue weighted by Gasteiger charge is 2.21. The summed E-state index contributed by atoms with van der Waals surface area (Å²) in [6.45, 7) is 3.18. The topological polar surface area (TPSA) is 37.8 Å². The highest BCUT2D eigenvalue weighted by Crippen LogP contribution is 2.33. The Labute approximate surface area is 127 Å². The lowest BCUT2D eigenvalue weighted by Crippen LogP contribution is -2.24. The summed E-state index contributed by atoms with van der Waals surface area (Å²) >= 11 is 0. The van der Waals surface area contributed by atoms with Crippen LogP contribution < -0.4 is 5.32 Å². The summed E-state index contributed by atoms with van der Waals surface area (Å²) in [5.41, 5.74) is 3.37. The van der Waals surface area contributed by atoms with E-state index < -0.39 is 0 Å². The summed E-state index contributed by atoms with van der Waals surface area (Å²) in [5.74, 6) is 0.856. The van der Waals surface area contributed by atoms with Crippen molar-refractivity contribution in [3.05, 3.63) is 36.2 Å². The smallest absolute Gasteiger partial charge is 0.0934 e. The number of nitrogens with zero attached hydrogens (tertiary/aromatic N) is 2. The fourth-order valence-electron chi connectivity index (χ4n) is 3.62. The molecule has 21 heavy (non-hydrogen) atoms. The van der Waals surface area contributed by atoms with Gasteiger partial charge in [0.15, 0.2) is 0 Å². The Morgan fingerprint density at radius 2 is 1.95 bits per heavy atom. The maximum Gasteiger partial charge on any atom is 0.0934 e. The first kappa shape index (κ1) is 14.5. The van der Waals surface area contributed by atoms with Gasteiger partial charge in [-0.05, 0) is 30.5 Å². The Kier molecular flexibility index (Phi) is 4.81. The fourth-order valence-corrected chi connectivity index (χ4v) is 3.62. The van der Waals surface area contributed by atoms with Crippen molar-refractivity contribution in [1.29, 1.82) is 0 Å². The van der Waals surface area contributed by atoms with Crippen molar-refractivity contribution in [3.63, 3.8) is 0 Å². The van der Waals surface area contributed by atoms with E-state index in [1.807, 2.05) is 0 Å². The van der Waals surface area contributed by atoms with Crippen molar-refractivity contribution >= 4 is 11.0 Å². The quantitative estimate of drug-likeness (QED) is 0.891. The van der Waals surface area contributed by atoms with E-state index in [0.29, 0.717) is 6.04 Å². The van der Waals surface area contributed by atoms with Crippen molar-refractivity contribution in [3.8, 4) is 0 Å². The Hall–Kier alpha value is -1.48. The van der Waals surface area contributed by atoms with E-state index in [0.717, 1.165) is 23.5 Å². The Bertz CT molecular complexity index is 570. The lowest BCUT2D eigenvalue weighted by molar-refractivity contribution is 0.302. The molecule has 1 aliphatic rings. The maximum atomic E-state index is 4.57. The molecule has 0 spiro atoms. The van der Waals surface area contributed by atoms with Crippen LogP contribution in [-0.4, -0.2) is 16.5 Å². The number of rotatable bonds is 5. The molecule has 1 aromatic carbocycles. The number of benzene rings is 1. The molecule has 112 valence electrons. The summed E-state index contributed by atoms with van der Waals surface area (Å²) in [7, 11) is 0. The standard InChI is InChI=1S/C18H25N3/c1-2-19-17(13-14-7-4-3-5-8-14)15-9-6-10-16-18(15)21-12-11-20-16/h6,9-12,14,17,19H,2-5,7-8,13H2,1H3. The van der Waals surface area contributed by atoms with Gasteiger partial charge in [0.25, 0.3) is 0 Å². The summed E-state index contributed by atoms with van der Waals surface area (Å²) < 4.78 is 0. The van der Waals surface area contributed by atoms with Gasteiger partial charge in [-0.3, -0.25) is 9.97 Å². The molecule has 3 rings (SSSR count). The number of fused-ring (bicyclic) bond motifs is 1. The molecule has 1 aromatic heterocycles. The minimum atomic E-state index is 0.401. The first-order valence-corrected chi connectivity index (χ1v) is 8.31. The second-order valence-electron chi connectivity index (χ2n) is 6.12. The van der Waals surface area contributed by atoms with Crippen molar-refractivity contribution in [2.24, 2.45) is 5.92 Å². The molecule has 0 bridgehead atoms. The maximum absolute atomic E-state index is 4.57. The molecule has 1 saturated carbocycles. The van der Waals surface area contributed by atoms with E-state index in [9.17, 15) is 0 Å². The SMILES string of the molecule is CCNC(CC1CCCCC1)c1cccc2nccnc12. The molecule has 0 amide bonds. The average Bonchev–Trinajstić information content (AvgIpc) is 2.55. The van der Waals surface area contributed by atoms with Gasteiger partial charge in [0.1, 0.15) is 0 Å². The van der Waals surface area contributed by atoms with Gasteiger partial charge in [0.2, 0.25) is 0 Å². The van der Waals surface area contributed by atoms with Gasteiger partial charge in [-0.1, -0.05) is 51.2 Å². The van der Waals surface area contributed by atoms with E-state index in [4.69, 9.17) is 0 Å². The van der Waals surface area contributed by atoms with Crippen LogP contribution in [0.5, 0.6) is 0 Å². The molecule has 0 aliphatic heterocycles. The van der Waals surface area contributed by atoms with Crippen LogP contribution in [0.3, 0.4) is 0 Å². The summed E-state index contributed by atoms with van der Waals surface area (Å²) in [6, 6.07) is 6.78. The second kappa shape index (κ2) is 6.99. The number of hydrogen-bond acceptors (Lipinski definition) is 3. The first-order chi connectivity index (χ1) is 10.4. The Morgan fingerprint density at radius 3 is 2.76 bits per heavy atom. The van der Waals surface area contributed by atoms with Crippen LogP contribution in [-0.2, 0) is 0 Å². The fraction of sp³-hybridized carbons (Fsp3) is 0.556. The molecule has 1 heterocycles. The number of aromatic nitrogens is 2. The predicted octanol–water partition coefficient (Wildman–Crippen LogP) is 4.25. The molecule has 1 fully saturated rings. The molecule has 1 N–H and O–H groups in total. The lowest BCUT2D eigenvalue weighted by Gasteiger charge is -2.27. The summed E-state index contributed by atoms with van der Waals surface area (Å²) in [5, 5.41) is 3.67. The highest BCUT2D eigenvalue weighted by molar-refractivity contribution is 5.78. The van der Waals surface area contributed by atoms with Gasteiger partial charge in [-0.2, -0.15) is 0 Å². The minimum absolute atomic E-state index is 0.401. The third kappa shape index (κ3) is 3.41. The third-order valence-electron chi connectivity index (χ3n) is 4.65. The van der Waals surface area contributed by atoms with Crippen LogP contribution in [0.2, 0.25) is 0 Å². The average molecular weight is 283 g/mol. The van der Waals surface area contributed by atoms with Gasteiger partial charge in [0.05, 0.1) is 11.0 Å². The Balaban J connectivity index is 1.87. The van der Waals surface area contributed by atoms with Crippen LogP contribution in [0.25, 0.3) is 11.0 Å². The van der Waals surface area contributed by atoms with Crippen LogP contribution >= 0.6 is 0 Å². The van der Waals surface area contributed by atoms with Crippen LogP contribution in [0.15, 0.2) is 30.6 Å². The van der Waals surface area contributed by atoms with E-state index in [2.05, 4.69) is 40.4 Å². The monoisotopic (exact) mass is 283 g/mol. The van der Waals surface area contributed by atoms with Gasteiger partial charge in [-0.15, -0.1) is 0 Å². The van der Waals surface area contributed by atoms with Crippen molar-refractivity contribution in [2.75, 3.05) is 6.54 Å². The zero-order valence-corrected chi connectivity index (χ0v) is 12.9. The minimum Gasteiger partial charge on any atom is -0.310 e. The molecular formula is C18H25N3. The summed E-state index contributed by atoms with van der Waals surface area (Å²) in [6.07, 6.45) is 11.8. The van der Waals surface area contributed by atoms with Gasteiger partial charge < -0.3 is 5.32 Å². The molecule has 3 heteroatoms. The van der Waals surface area contributed by atoms with Gasteiger partial charge in [0, 0.05) is 18.4 Å². The molecule has 3 nitrogen and oxygen atoms in total. The van der Waals surface area contributed by atoms with Crippen molar-refractivity contribution in [2.45, 2.75) is 51.5 Å². The van der Waals surface area contributed by atoms with Gasteiger partial charge >= 0.3 is 0 Å². The summed E-state index contributed by atoms with van der Waals surface area (Å²) in [4.78, 5) is 9.02. The lowest BCUT2D eigenvalue weighted by atomic mass is 9.83. The second-order valence-corrected chi connectivity index (χ2v) is 6.12. The van der Waals surface area contributed by atoms with Crippen LogP contribution in [0, 0.1) is 5.92 Å². The zero-order chi connectivity index (χ0) is 14.5. The molecule has 0 saturated heterocycles. The van der Waals surface area contributed by atoms with E-state index in [1.54, 1.807) is 12.4 Å². The van der Waals surface area contributed by atoms with Crippen molar-refractivity contribution < 1.29 is 0 Å². The van der Waals surface area contributed by atoms with Gasteiger partial charge in [-0.25, -0.2) is 0 Å². The molecule has 2 aromatic rings. The molecular weight excluding hydrogens is 258 g/mol. The largest absolute Gasteiger partial charge is 0.310 e. The number of nitrogens with one attached hydrogen (secondary N) is 1.